The number of hydrogen-bond donors (Lipinski definition) is 0. The van der Waals surface area contributed by atoms with Crippen LogP contribution in [0.5, 0.6) is 11.5 Å². The minimum Gasteiger partial charge on any atom is -0.493 e. The summed E-state index contributed by atoms with van der Waals surface area (Å²) in [6, 6.07) is 35.7. The predicted molar refractivity (Wildman–Crippen MR) is 140 cm³/mol. The van der Waals surface area contributed by atoms with Gasteiger partial charge in [0.1, 0.15) is 6.61 Å². The van der Waals surface area contributed by atoms with E-state index < -0.39 is 0 Å². The van der Waals surface area contributed by atoms with Gasteiger partial charge in [-0.25, -0.2) is 0 Å². The fraction of sp³-hybridized carbons (Fsp3) is 0.129. The van der Waals surface area contributed by atoms with Gasteiger partial charge in [-0.3, -0.25) is 4.79 Å². The zero-order valence-corrected chi connectivity index (χ0v) is 19.8. The molecule has 0 fully saturated rings. The second-order valence-corrected chi connectivity index (χ2v) is 8.18. The van der Waals surface area contributed by atoms with Crippen LogP contribution in [-0.4, -0.2) is 17.9 Å². The number of carbonyl (C=O) groups excluding carboxylic acids is 1. The third-order valence-electron chi connectivity index (χ3n) is 5.58. The highest BCUT2D eigenvalue weighted by Gasteiger charge is 2.14. The Labute approximate surface area is 207 Å². The fourth-order valence-electron chi connectivity index (χ4n) is 3.74. The maximum Gasteiger partial charge on any atom is 0.247 e. The molecule has 0 spiro atoms. The minimum absolute atomic E-state index is 0.0553. The Morgan fingerprint density at radius 1 is 0.714 bits per heavy atom. The van der Waals surface area contributed by atoms with Crippen molar-refractivity contribution in [3.63, 3.8) is 0 Å². The van der Waals surface area contributed by atoms with Gasteiger partial charge in [-0.2, -0.15) is 0 Å². The van der Waals surface area contributed by atoms with E-state index in [9.17, 15) is 4.79 Å². The summed E-state index contributed by atoms with van der Waals surface area (Å²) in [6.07, 6.45) is 3.48. The van der Waals surface area contributed by atoms with E-state index >= 15 is 0 Å². The molecule has 0 unspecified atom stereocenters. The van der Waals surface area contributed by atoms with Crippen molar-refractivity contribution in [2.24, 2.45) is 0 Å². The molecule has 0 aliphatic heterocycles. The minimum atomic E-state index is -0.0553. The first-order valence-electron chi connectivity index (χ1n) is 11.6. The molecule has 0 bridgehead atoms. The van der Waals surface area contributed by atoms with Gasteiger partial charge in [0.05, 0.1) is 7.11 Å². The van der Waals surface area contributed by atoms with Crippen molar-refractivity contribution in [3.05, 3.63) is 138 Å². The van der Waals surface area contributed by atoms with Crippen LogP contribution in [-0.2, 0) is 24.5 Å². The van der Waals surface area contributed by atoms with Gasteiger partial charge in [-0.1, -0.05) is 97.1 Å². The van der Waals surface area contributed by atoms with E-state index in [0.717, 1.165) is 22.3 Å². The van der Waals surface area contributed by atoms with Crippen LogP contribution in [0.15, 0.2) is 115 Å². The quantitative estimate of drug-likeness (QED) is 0.252. The van der Waals surface area contributed by atoms with Crippen molar-refractivity contribution < 1.29 is 14.3 Å². The molecule has 4 aromatic carbocycles. The van der Waals surface area contributed by atoms with Crippen LogP contribution >= 0.6 is 0 Å². The van der Waals surface area contributed by atoms with Gasteiger partial charge in [-0.05, 0) is 40.5 Å². The summed E-state index contributed by atoms with van der Waals surface area (Å²) in [4.78, 5) is 15.1. The molecule has 0 saturated heterocycles. The molecule has 4 heteroatoms. The SMILES string of the molecule is COc1ccc(CN(Cc2ccccc2)C(=O)/C=C/c2ccccc2)cc1OCc1ccccc1. The molecule has 4 rings (SSSR count). The summed E-state index contributed by atoms with van der Waals surface area (Å²) in [5.41, 5.74) is 4.10. The first kappa shape index (κ1) is 23.8. The number of methoxy groups -OCH3 is 1. The lowest BCUT2D eigenvalue weighted by molar-refractivity contribution is -0.127. The van der Waals surface area contributed by atoms with Crippen molar-refractivity contribution in [2.75, 3.05) is 7.11 Å². The normalized spacial score (nSPS) is 10.8. The zero-order chi connectivity index (χ0) is 24.3. The van der Waals surface area contributed by atoms with Gasteiger partial charge in [-0.15, -0.1) is 0 Å². The summed E-state index contributed by atoms with van der Waals surface area (Å²) in [7, 11) is 1.63. The third-order valence-corrected chi connectivity index (χ3v) is 5.58. The number of benzene rings is 4. The molecule has 0 heterocycles. The molecule has 0 N–H and O–H groups in total. The van der Waals surface area contributed by atoms with Gasteiger partial charge < -0.3 is 14.4 Å². The zero-order valence-electron chi connectivity index (χ0n) is 19.8. The average Bonchev–Trinajstić information content (AvgIpc) is 2.92. The van der Waals surface area contributed by atoms with Crippen LogP contribution < -0.4 is 9.47 Å². The van der Waals surface area contributed by atoms with Crippen LogP contribution in [0.25, 0.3) is 6.08 Å². The number of carbonyl (C=O) groups is 1. The van der Waals surface area contributed by atoms with Gasteiger partial charge in [0, 0.05) is 19.2 Å². The molecular formula is C31H29NO3. The topological polar surface area (TPSA) is 38.8 Å². The molecule has 0 aliphatic rings. The van der Waals surface area contributed by atoms with E-state index in [4.69, 9.17) is 9.47 Å². The molecule has 35 heavy (non-hydrogen) atoms. The van der Waals surface area contributed by atoms with Crippen molar-refractivity contribution in [1.29, 1.82) is 0 Å². The lowest BCUT2D eigenvalue weighted by atomic mass is 10.1. The molecule has 1 amide bonds. The second kappa shape index (κ2) is 12.2. The lowest BCUT2D eigenvalue weighted by Crippen LogP contribution is -2.28. The summed E-state index contributed by atoms with van der Waals surface area (Å²) in [6.45, 7) is 1.39. The molecule has 4 nitrogen and oxygen atoms in total. The number of nitrogens with zero attached hydrogens (tertiary/aromatic N) is 1. The van der Waals surface area contributed by atoms with Crippen molar-refractivity contribution >= 4 is 12.0 Å². The van der Waals surface area contributed by atoms with Crippen molar-refractivity contribution in [2.45, 2.75) is 19.7 Å². The van der Waals surface area contributed by atoms with E-state index in [1.165, 1.54) is 0 Å². The molecule has 0 radical (unpaired) electrons. The van der Waals surface area contributed by atoms with Gasteiger partial charge in [0.2, 0.25) is 5.91 Å². The maximum atomic E-state index is 13.2. The Morgan fingerprint density at radius 2 is 1.31 bits per heavy atom. The summed E-state index contributed by atoms with van der Waals surface area (Å²) in [5.74, 6) is 1.26. The predicted octanol–water partition coefficient (Wildman–Crippen LogP) is 6.52. The van der Waals surface area contributed by atoms with E-state index in [0.29, 0.717) is 31.2 Å². The van der Waals surface area contributed by atoms with Crippen LogP contribution in [0.2, 0.25) is 0 Å². The van der Waals surface area contributed by atoms with E-state index in [-0.39, 0.29) is 5.91 Å². The largest absolute Gasteiger partial charge is 0.493 e. The molecule has 4 aromatic rings. The Bertz CT molecular complexity index is 1240. The van der Waals surface area contributed by atoms with E-state index in [1.807, 2.05) is 120 Å². The summed E-state index contributed by atoms with van der Waals surface area (Å²) >= 11 is 0. The monoisotopic (exact) mass is 463 g/mol. The standard InChI is InChI=1S/C31H29NO3/c1-34-29-19-17-28(21-30(29)35-24-27-15-9-4-10-16-27)23-32(22-26-13-7-3-8-14-26)31(33)20-18-25-11-5-2-6-12-25/h2-21H,22-24H2,1H3/b20-18+. The van der Waals surface area contributed by atoms with E-state index in [1.54, 1.807) is 13.2 Å². The van der Waals surface area contributed by atoms with E-state index in [2.05, 4.69) is 0 Å². The summed E-state index contributed by atoms with van der Waals surface area (Å²) in [5, 5.41) is 0. The fourth-order valence-corrected chi connectivity index (χ4v) is 3.74. The van der Waals surface area contributed by atoms with Gasteiger partial charge in [0.25, 0.3) is 0 Å². The Kier molecular flexibility index (Phi) is 8.33. The van der Waals surface area contributed by atoms with Crippen molar-refractivity contribution in [1.82, 2.24) is 4.90 Å². The molecule has 0 atom stereocenters. The number of rotatable bonds is 10. The highest BCUT2D eigenvalue weighted by Crippen LogP contribution is 2.29. The smallest absolute Gasteiger partial charge is 0.247 e. The number of ether oxygens (including phenoxy) is 2. The van der Waals surface area contributed by atoms with Gasteiger partial charge in [0.15, 0.2) is 11.5 Å². The molecule has 176 valence electrons. The highest BCUT2D eigenvalue weighted by atomic mass is 16.5. The lowest BCUT2D eigenvalue weighted by Gasteiger charge is -2.22. The first-order chi connectivity index (χ1) is 17.2. The van der Waals surface area contributed by atoms with Crippen LogP contribution in [0.3, 0.4) is 0 Å². The highest BCUT2D eigenvalue weighted by molar-refractivity contribution is 5.91. The number of hydrogen-bond acceptors (Lipinski definition) is 3. The van der Waals surface area contributed by atoms with Crippen LogP contribution in [0.1, 0.15) is 22.3 Å². The third kappa shape index (κ3) is 7.08. The van der Waals surface area contributed by atoms with Crippen LogP contribution in [0, 0.1) is 0 Å². The van der Waals surface area contributed by atoms with Crippen molar-refractivity contribution in [3.8, 4) is 11.5 Å². The van der Waals surface area contributed by atoms with Gasteiger partial charge >= 0.3 is 0 Å². The Balaban J connectivity index is 1.54. The number of amides is 1. The Morgan fingerprint density at radius 3 is 1.97 bits per heavy atom. The maximum absolute atomic E-state index is 13.2. The molecular weight excluding hydrogens is 434 g/mol. The Hall–Kier alpha value is -4.31. The first-order valence-corrected chi connectivity index (χ1v) is 11.6. The molecule has 0 aromatic heterocycles. The molecule has 0 aliphatic carbocycles. The average molecular weight is 464 g/mol. The second-order valence-electron chi connectivity index (χ2n) is 8.18. The summed E-state index contributed by atoms with van der Waals surface area (Å²) < 4.78 is 11.6. The molecule has 0 saturated carbocycles. The van der Waals surface area contributed by atoms with Crippen LogP contribution in [0.4, 0.5) is 0 Å².